The molecule has 9 nitrogen and oxygen atoms in total. The minimum atomic E-state index is -2.57. The number of nitro groups is 1. The number of aromatic amines is 1. The summed E-state index contributed by atoms with van der Waals surface area (Å²) in [7, 11) is 0. The van der Waals surface area contributed by atoms with Crippen molar-refractivity contribution < 1.29 is 8.72 Å². The van der Waals surface area contributed by atoms with Gasteiger partial charge in [-0.3, -0.25) is 15.8 Å². The minimum Gasteiger partial charge on any atom is -0.340 e. The van der Waals surface area contributed by atoms with E-state index in [0.29, 0.717) is 5.52 Å². The normalized spacial score (nSPS) is 15.7. The quantitative estimate of drug-likeness (QED) is 0.133. The number of nitrogens with zero attached hydrogens (tertiary/aromatic N) is 4. The summed E-state index contributed by atoms with van der Waals surface area (Å²) in [6, 6.07) is 5.81. The van der Waals surface area contributed by atoms with Crippen molar-refractivity contribution in [3.8, 4) is 0 Å². The van der Waals surface area contributed by atoms with Crippen molar-refractivity contribution in [1.29, 1.82) is 0 Å². The van der Waals surface area contributed by atoms with Crippen molar-refractivity contribution in [2.24, 2.45) is 5.73 Å². The number of hydrogen-bond donors (Lipinski definition) is 3. The molecular formula is C15H14BrClFN7O2S2. The van der Waals surface area contributed by atoms with Crippen LogP contribution in [0.5, 0.6) is 0 Å². The van der Waals surface area contributed by atoms with Crippen LogP contribution in [0.3, 0.4) is 0 Å². The number of alkyl halides is 3. The van der Waals surface area contributed by atoms with Crippen molar-refractivity contribution in [3.05, 3.63) is 51.6 Å². The van der Waals surface area contributed by atoms with Crippen molar-refractivity contribution in [2.45, 2.75) is 21.4 Å². The zero-order valence-corrected chi connectivity index (χ0v) is 18.9. The maximum Gasteiger partial charge on any atom is 0.287 e. The van der Waals surface area contributed by atoms with Gasteiger partial charge < -0.3 is 10.3 Å². The lowest BCUT2D eigenvalue weighted by molar-refractivity contribution is -0.285. The molecule has 29 heavy (non-hydrogen) atoms. The molecule has 0 saturated heterocycles. The molecule has 0 aliphatic carbocycles. The molecule has 0 aliphatic heterocycles. The predicted octanol–water partition coefficient (Wildman–Crippen LogP) is 4.65. The number of nitrogens with two attached hydrogens (primary N) is 1. The van der Waals surface area contributed by atoms with E-state index in [0.717, 1.165) is 16.8 Å². The lowest BCUT2D eigenvalue weighted by Crippen LogP contribution is -2.35. The highest BCUT2D eigenvalue weighted by Crippen LogP contribution is 2.52. The number of anilines is 2. The van der Waals surface area contributed by atoms with Gasteiger partial charge in [0.25, 0.3) is 15.3 Å². The molecule has 14 heteroatoms. The third-order valence-electron chi connectivity index (χ3n) is 3.56. The first-order chi connectivity index (χ1) is 13.4. The second-order valence-corrected chi connectivity index (χ2v) is 11.6. The molecule has 0 saturated carbocycles. The smallest absolute Gasteiger partial charge is 0.287 e. The van der Waals surface area contributed by atoms with E-state index >= 15 is 0 Å². The van der Waals surface area contributed by atoms with Gasteiger partial charge in [-0.25, -0.2) is 19.3 Å². The van der Waals surface area contributed by atoms with Crippen molar-refractivity contribution in [2.75, 3.05) is 5.32 Å². The first-order valence-corrected chi connectivity index (χ1v) is 10.7. The molecule has 0 bridgehead atoms. The fourth-order valence-corrected chi connectivity index (χ4v) is 5.84. The third-order valence-corrected chi connectivity index (χ3v) is 6.07. The standard InChI is InChI=1S/C15H14BrClFN7O2S2/c1-7-3-8(2)5-9(4-7)22-12-10-11(21-6-20-10)23-13(24-12)14(19,29-25(26)27)28-15(16,17)18/h3-6H,19H2,1-2H3,(H2,20,21,22,23,24). The molecule has 0 spiro atoms. The highest BCUT2D eigenvalue weighted by molar-refractivity contribution is 9.12. The van der Waals surface area contributed by atoms with Crippen LogP contribution in [-0.4, -0.2) is 27.6 Å². The Bertz CT molecular complexity index is 1060. The third kappa shape index (κ3) is 5.48. The van der Waals surface area contributed by atoms with Crippen LogP contribution in [0.2, 0.25) is 0 Å². The Balaban J connectivity index is 2.12. The van der Waals surface area contributed by atoms with Crippen LogP contribution in [0.25, 0.3) is 11.2 Å². The van der Waals surface area contributed by atoms with Crippen molar-refractivity contribution in [3.63, 3.8) is 0 Å². The van der Waals surface area contributed by atoms with Crippen molar-refractivity contribution >= 4 is 73.9 Å². The molecule has 2 atom stereocenters. The van der Waals surface area contributed by atoms with Crippen molar-refractivity contribution in [1.82, 2.24) is 19.9 Å². The fraction of sp³-hybridized carbons (Fsp3) is 0.267. The molecule has 3 rings (SSSR count). The number of imidazole rings is 1. The van der Waals surface area contributed by atoms with Crippen LogP contribution in [0.4, 0.5) is 15.9 Å². The maximum absolute atomic E-state index is 14.0. The minimum absolute atomic E-state index is 0.0306. The van der Waals surface area contributed by atoms with E-state index in [1.54, 1.807) is 0 Å². The second-order valence-electron chi connectivity index (χ2n) is 6.03. The molecule has 0 fully saturated rings. The van der Waals surface area contributed by atoms with Crippen LogP contribution >= 0.6 is 51.2 Å². The number of thioether (sulfide) groups is 1. The van der Waals surface area contributed by atoms with Gasteiger partial charge in [0.2, 0.25) is 4.20 Å². The topological polar surface area (TPSA) is 136 Å². The molecule has 0 amide bonds. The lowest BCUT2D eigenvalue weighted by atomic mass is 10.1. The monoisotopic (exact) mass is 521 g/mol. The second kappa shape index (κ2) is 8.22. The van der Waals surface area contributed by atoms with Gasteiger partial charge in [0, 0.05) is 5.69 Å². The van der Waals surface area contributed by atoms with E-state index in [4.69, 9.17) is 17.3 Å². The zero-order chi connectivity index (χ0) is 21.4. The number of nitrogens with one attached hydrogen (secondary N) is 2. The highest BCUT2D eigenvalue weighted by atomic mass is 79.9. The summed E-state index contributed by atoms with van der Waals surface area (Å²) in [5.41, 5.74) is 9.57. The van der Waals surface area contributed by atoms with Gasteiger partial charge in [-0.05, 0) is 64.8 Å². The average Bonchev–Trinajstić information content (AvgIpc) is 3.00. The van der Waals surface area contributed by atoms with E-state index in [-0.39, 0.29) is 41.0 Å². The van der Waals surface area contributed by atoms with Crippen LogP contribution in [0, 0.1) is 24.0 Å². The molecule has 0 radical (unpaired) electrons. The summed E-state index contributed by atoms with van der Waals surface area (Å²) in [5.74, 6) is 0.0540. The molecule has 154 valence electrons. The summed E-state index contributed by atoms with van der Waals surface area (Å²) >= 11 is 8.41. The van der Waals surface area contributed by atoms with Gasteiger partial charge in [0.05, 0.1) is 6.33 Å². The van der Waals surface area contributed by atoms with Gasteiger partial charge >= 0.3 is 0 Å². The summed E-state index contributed by atoms with van der Waals surface area (Å²) < 4.78 is 8.66. The molecule has 4 N–H and O–H groups in total. The van der Waals surface area contributed by atoms with Gasteiger partial charge in [-0.15, -0.1) is 0 Å². The summed E-state index contributed by atoms with van der Waals surface area (Å²) in [6.07, 6.45) is 1.40. The predicted molar refractivity (Wildman–Crippen MR) is 118 cm³/mol. The van der Waals surface area contributed by atoms with E-state index in [1.165, 1.54) is 6.33 Å². The van der Waals surface area contributed by atoms with E-state index in [2.05, 4.69) is 41.2 Å². The lowest BCUT2D eigenvalue weighted by Gasteiger charge is -2.24. The number of fused-ring (bicyclic) bond motifs is 1. The Morgan fingerprint density at radius 3 is 2.59 bits per heavy atom. The maximum atomic E-state index is 14.0. The van der Waals surface area contributed by atoms with E-state index in [9.17, 15) is 14.5 Å². The number of aryl methyl sites for hydroxylation is 2. The Kier molecular flexibility index (Phi) is 6.24. The average molecular weight is 523 g/mol. The van der Waals surface area contributed by atoms with Crippen LogP contribution in [0.1, 0.15) is 17.0 Å². The first kappa shape index (κ1) is 22.0. The molecule has 0 aliphatic rings. The van der Waals surface area contributed by atoms with Crippen LogP contribution in [0.15, 0.2) is 24.5 Å². The number of halogens is 3. The molecule has 1 aromatic carbocycles. The van der Waals surface area contributed by atoms with Gasteiger partial charge in [0.15, 0.2) is 17.3 Å². The van der Waals surface area contributed by atoms with Gasteiger partial charge in [-0.2, -0.15) is 0 Å². The number of hydrogen-bond acceptors (Lipinski definition) is 9. The largest absolute Gasteiger partial charge is 0.340 e. The van der Waals surface area contributed by atoms with Crippen LogP contribution in [-0.2, 0) is 4.20 Å². The van der Waals surface area contributed by atoms with Crippen LogP contribution < -0.4 is 11.1 Å². The highest BCUT2D eigenvalue weighted by Gasteiger charge is 2.48. The Labute approximate surface area is 186 Å². The molecule has 2 unspecified atom stereocenters. The molecule has 3 aromatic rings. The van der Waals surface area contributed by atoms with Gasteiger partial charge in [-0.1, -0.05) is 17.7 Å². The molecule has 2 aromatic heterocycles. The van der Waals surface area contributed by atoms with E-state index < -0.39 is 11.9 Å². The Morgan fingerprint density at radius 2 is 2.00 bits per heavy atom. The first-order valence-electron chi connectivity index (χ1n) is 7.91. The fourth-order valence-electron chi connectivity index (χ4n) is 2.65. The SMILES string of the molecule is Cc1cc(C)cc(Nc2nc(C(N)(S[N+](=O)[O-])SC(F)(Cl)Br)nc3nc[nH]c23)c1. The number of rotatable bonds is 7. The summed E-state index contributed by atoms with van der Waals surface area (Å²) in [4.78, 5) is 26.6. The number of H-pyrrole nitrogens is 1. The molecule has 2 heterocycles. The van der Waals surface area contributed by atoms with E-state index in [1.807, 2.05) is 32.0 Å². The Morgan fingerprint density at radius 1 is 1.34 bits per heavy atom. The van der Waals surface area contributed by atoms with Gasteiger partial charge in [0.1, 0.15) is 9.85 Å². The molecular weight excluding hydrogens is 509 g/mol. The number of aromatic nitrogens is 4. The summed E-state index contributed by atoms with van der Waals surface area (Å²) in [6.45, 7) is 3.89. The Hall–Kier alpha value is -1.67. The zero-order valence-electron chi connectivity index (χ0n) is 14.9. The number of benzene rings is 1. The summed E-state index contributed by atoms with van der Waals surface area (Å²) in [5, 5.41) is 14.3.